The summed E-state index contributed by atoms with van der Waals surface area (Å²) in [4.78, 5) is 24.4. The van der Waals surface area contributed by atoms with Gasteiger partial charge in [0, 0.05) is 0 Å². The highest BCUT2D eigenvalue weighted by Gasteiger charge is 2.24. The predicted molar refractivity (Wildman–Crippen MR) is 118 cm³/mol. The number of hydrogen-bond acceptors (Lipinski definition) is 5. The van der Waals surface area contributed by atoms with E-state index in [1.165, 1.54) is 0 Å². The van der Waals surface area contributed by atoms with Gasteiger partial charge in [0.2, 0.25) is 0 Å². The van der Waals surface area contributed by atoms with E-state index in [1.807, 2.05) is 84.9 Å². The Balaban J connectivity index is 1.56. The number of esters is 1. The van der Waals surface area contributed by atoms with E-state index in [2.05, 4.69) is 5.32 Å². The molecule has 0 saturated heterocycles. The van der Waals surface area contributed by atoms with E-state index >= 15 is 0 Å². The molecule has 3 aromatic rings. The summed E-state index contributed by atoms with van der Waals surface area (Å²) in [5.41, 5.74) is 3.00. The average Bonchev–Trinajstić information content (AvgIpc) is 2.82. The first-order valence-corrected chi connectivity index (χ1v) is 10.1. The van der Waals surface area contributed by atoms with E-state index in [-0.39, 0.29) is 19.8 Å². The van der Waals surface area contributed by atoms with Gasteiger partial charge >= 0.3 is 12.1 Å². The fourth-order valence-corrected chi connectivity index (χ4v) is 2.87. The van der Waals surface area contributed by atoms with Crippen LogP contribution < -0.4 is 10.1 Å². The van der Waals surface area contributed by atoms with Crippen LogP contribution in [0, 0.1) is 0 Å². The van der Waals surface area contributed by atoms with Gasteiger partial charge in [0.25, 0.3) is 0 Å². The summed E-state index contributed by atoms with van der Waals surface area (Å²) in [6, 6.07) is 25.8. The molecule has 3 rings (SSSR count). The average molecular weight is 419 g/mol. The minimum Gasteiger partial charge on any atom is -0.491 e. The van der Waals surface area contributed by atoms with E-state index < -0.39 is 18.1 Å². The summed E-state index contributed by atoms with van der Waals surface area (Å²) in [6.45, 7) is 1.92. The van der Waals surface area contributed by atoms with Crippen LogP contribution in [0.5, 0.6) is 5.75 Å². The molecule has 0 aliphatic heterocycles. The monoisotopic (exact) mass is 419 g/mol. The van der Waals surface area contributed by atoms with Crippen LogP contribution in [0.3, 0.4) is 0 Å². The van der Waals surface area contributed by atoms with Crippen molar-refractivity contribution in [3.8, 4) is 16.9 Å². The number of ether oxygens (including phenoxy) is 3. The summed E-state index contributed by atoms with van der Waals surface area (Å²) >= 11 is 0. The molecule has 1 amide bonds. The smallest absolute Gasteiger partial charge is 0.408 e. The zero-order valence-electron chi connectivity index (χ0n) is 17.3. The Hall–Kier alpha value is -3.80. The molecule has 0 bridgehead atoms. The maximum Gasteiger partial charge on any atom is 0.408 e. The molecule has 0 aromatic heterocycles. The van der Waals surface area contributed by atoms with Crippen molar-refractivity contribution >= 4 is 12.1 Å². The molecule has 1 unspecified atom stereocenters. The van der Waals surface area contributed by atoms with Crippen molar-refractivity contribution in [2.75, 3.05) is 13.2 Å². The molecule has 1 atom stereocenters. The summed E-state index contributed by atoms with van der Waals surface area (Å²) in [7, 11) is 0. The number of carbonyl (C=O) groups is 2. The maximum absolute atomic E-state index is 12.2. The molecule has 0 heterocycles. The molecular formula is C25H25NO5. The number of nitrogens with one attached hydrogen (secondary N) is 1. The van der Waals surface area contributed by atoms with Crippen LogP contribution >= 0.6 is 0 Å². The normalized spacial score (nSPS) is 11.3. The first-order chi connectivity index (χ1) is 15.2. The van der Waals surface area contributed by atoms with E-state index in [1.54, 1.807) is 6.92 Å². The zero-order chi connectivity index (χ0) is 21.9. The largest absolute Gasteiger partial charge is 0.491 e. The minimum atomic E-state index is -0.989. The van der Waals surface area contributed by atoms with E-state index in [9.17, 15) is 9.59 Å². The number of carbonyl (C=O) groups excluding carboxylic acids is 2. The SMILES string of the molecule is CCOC(=O)C(COc1ccc(-c2ccccc2)cc1)NC(=O)OCc1ccccc1. The third kappa shape index (κ3) is 6.89. The molecule has 0 aliphatic rings. The van der Waals surface area contributed by atoms with Gasteiger partial charge < -0.3 is 19.5 Å². The van der Waals surface area contributed by atoms with Gasteiger partial charge in [0.15, 0.2) is 6.04 Å². The maximum atomic E-state index is 12.2. The molecule has 3 aromatic carbocycles. The van der Waals surface area contributed by atoms with E-state index in [0.717, 1.165) is 16.7 Å². The minimum absolute atomic E-state index is 0.0794. The van der Waals surface area contributed by atoms with Crippen LogP contribution in [0.25, 0.3) is 11.1 Å². The number of hydrogen-bond donors (Lipinski definition) is 1. The Morgan fingerprint density at radius 2 is 1.42 bits per heavy atom. The Bertz CT molecular complexity index is 958. The number of amides is 1. The van der Waals surface area contributed by atoms with Crippen molar-refractivity contribution in [2.24, 2.45) is 0 Å². The number of alkyl carbamates (subject to hydrolysis) is 1. The molecule has 6 nitrogen and oxygen atoms in total. The predicted octanol–water partition coefficient (Wildman–Crippen LogP) is 4.59. The Morgan fingerprint density at radius 3 is 2.06 bits per heavy atom. The van der Waals surface area contributed by atoms with E-state index in [0.29, 0.717) is 5.75 Å². The Kier molecular flexibility index (Phi) is 8.05. The summed E-state index contributed by atoms with van der Waals surface area (Å²) in [6.07, 6.45) is -0.718. The fraction of sp³-hybridized carbons (Fsp3) is 0.200. The summed E-state index contributed by atoms with van der Waals surface area (Å²) in [5, 5.41) is 2.52. The molecular weight excluding hydrogens is 394 g/mol. The molecule has 6 heteroatoms. The van der Waals surface area contributed by atoms with Gasteiger partial charge in [-0.05, 0) is 35.7 Å². The van der Waals surface area contributed by atoms with Crippen molar-refractivity contribution < 1.29 is 23.8 Å². The van der Waals surface area contributed by atoms with Gasteiger partial charge in [-0.2, -0.15) is 0 Å². The van der Waals surface area contributed by atoms with Gasteiger partial charge in [-0.1, -0.05) is 72.8 Å². The topological polar surface area (TPSA) is 73.9 Å². The van der Waals surface area contributed by atoms with Crippen molar-refractivity contribution in [1.29, 1.82) is 0 Å². The Morgan fingerprint density at radius 1 is 0.806 bits per heavy atom. The van der Waals surface area contributed by atoms with Crippen LogP contribution in [-0.2, 0) is 20.9 Å². The molecule has 0 saturated carbocycles. The highest BCUT2D eigenvalue weighted by atomic mass is 16.6. The number of benzene rings is 3. The number of rotatable bonds is 9. The summed E-state index contributed by atoms with van der Waals surface area (Å²) in [5.74, 6) is -0.00602. The van der Waals surface area contributed by atoms with Crippen molar-refractivity contribution in [1.82, 2.24) is 5.32 Å². The zero-order valence-corrected chi connectivity index (χ0v) is 17.3. The highest BCUT2D eigenvalue weighted by molar-refractivity contribution is 5.81. The van der Waals surface area contributed by atoms with Crippen LogP contribution in [0.4, 0.5) is 4.79 Å². The van der Waals surface area contributed by atoms with Crippen LogP contribution in [0.2, 0.25) is 0 Å². The van der Waals surface area contributed by atoms with Gasteiger partial charge in [0.05, 0.1) is 6.61 Å². The van der Waals surface area contributed by atoms with Crippen LogP contribution in [-0.4, -0.2) is 31.3 Å². The van der Waals surface area contributed by atoms with Gasteiger partial charge in [0.1, 0.15) is 19.0 Å². The lowest BCUT2D eigenvalue weighted by atomic mass is 10.1. The molecule has 1 N–H and O–H groups in total. The Labute approximate surface area is 181 Å². The van der Waals surface area contributed by atoms with Gasteiger partial charge in [-0.25, -0.2) is 9.59 Å². The lowest BCUT2D eigenvalue weighted by molar-refractivity contribution is -0.146. The van der Waals surface area contributed by atoms with Crippen LogP contribution in [0.15, 0.2) is 84.9 Å². The quantitative estimate of drug-likeness (QED) is 0.514. The first kappa shape index (κ1) is 21.9. The second-order valence-corrected chi connectivity index (χ2v) is 6.71. The molecule has 31 heavy (non-hydrogen) atoms. The second-order valence-electron chi connectivity index (χ2n) is 6.71. The van der Waals surface area contributed by atoms with Gasteiger partial charge in [-0.3, -0.25) is 0 Å². The molecule has 160 valence electrons. The third-order valence-corrected chi connectivity index (χ3v) is 4.45. The van der Waals surface area contributed by atoms with E-state index in [4.69, 9.17) is 14.2 Å². The van der Waals surface area contributed by atoms with Crippen molar-refractivity contribution in [2.45, 2.75) is 19.6 Å². The van der Waals surface area contributed by atoms with Crippen molar-refractivity contribution in [3.05, 3.63) is 90.5 Å². The molecule has 0 aliphatic carbocycles. The second kappa shape index (κ2) is 11.4. The van der Waals surface area contributed by atoms with Crippen molar-refractivity contribution in [3.63, 3.8) is 0 Å². The van der Waals surface area contributed by atoms with Gasteiger partial charge in [-0.15, -0.1) is 0 Å². The standard InChI is InChI=1S/C25H25NO5/c1-2-29-24(27)23(26-25(28)31-17-19-9-5-3-6-10-19)18-30-22-15-13-21(14-16-22)20-11-7-4-8-12-20/h3-16,23H,2,17-18H2,1H3,(H,26,28). The molecule has 0 fully saturated rings. The molecule has 0 spiro atoms. The first-order valence-electron chi connectivity index (χ1n) is 10.1. The lowest BCUT2D eigenvalue weighted by Crippen LogP contribution is -2.46. The molecule has 0 radical (unpaired) electrons. The lowest BCUT2D eigenvalue weighted by Gasteiger charge is -2.18. The third-order valence-electron chi connectivity index (χ3n) is 4.45. The summed E-state index contributed by atoms with van der Waals surface area (Å²) < 4.78 is 16.0. The van der Waals surface area contributed by atoms with Crippen LogP contribution in [0.1, 0.15) is 12.5 Å². The fourth-order valence-electron chi connectivity index (χ4n) is 2.87. The highest BCUT2D eigenvalue weighted by Crippen LogP contribution is 2.22.